The van der Waals surface area contributed by atoms with Crippen LogP contribution in [-0.2, 0) is 0 Å². The van der Waals surface area contributed by atoms with Gasteiger partial charge in [-0.3, -0.25) is 4.90 Å². The summed E-state index contributed by atoms with van der Waals surface area (Å²) < 4.78 is 0. The molecule has 1 aromatic rings. The SMILES string of the molecule is CCN(CC)C1(C(N)c2cccs2)CCCC1. The molecule has 0 spiro atoms. The fourth-order valence-corrected chi connectivity index (χ4v) is 4.23. The van der Waals surface area contributed by atoms with Gasteiger partial charge in [0.1, 0.15) is 0 Å². The number of hydrogen-bond acceptors (Lipinski definition) is 3. The average Bonchev–Trinajstić information content (AvgIpc) is 3.02. The van der Waals surface area contributed by atoms with Gasteiger partial charge in [-0.15, -0.1) is 11.3 Å². The monoisotopic (exact) mass is 252 g/mol. The second kappa shape index (κ2) is 5.51. The summed E-state index contributed by atoms with van der Waals surface area (Å²) in [6.07, 6.45) is 5.17. The zero-order chi connectivity index (χ0) is 12.3. The standard InChI is InChI=1S/C14H24N2S/c1-3-16(4-2)14(9-5-6-10-14)13(15)12-8-7-11-17-12/h7-8,11,13H,3-6,9-10,15H2,1-2H3. The van der Waals surface area contributed by atoms with Gasteiger partial charge in [-0.1, -0.05) is 32.8 Å². The third-order valence-corrected chi connectivity index (χ3v) is 5.25. The number of nitrogens with two attached hydrogens (primary N) is 1. The lowest BCUT2D eigenvalue weighted by Crippen LogP contribution is -2.53. The minimum atomic E-state index is 0.185. The minimum absolute atomic E-state index is 0.185. The van der Waals surface area contributed by atoms with Gasteiger partial charge >= 0.3 is 0 Å². The van der Waals surface area contributed by atoms with Crippen LogP contribution in [0.4, 0.5) is 0 Å². The van der Waals surface area contributed by atoms with Gasteiger partial charge in [0.25, 0.3) is 0 Å². The van der Waals surface area contributed by atoms with Crippen molar-refractivity contribution in [1.29, 1.82) is 0 Å². The lowest BCUT2D eigenvalue weighted by molar-refractivity contribution is 0.0782. The smallest absolute Gasteiger partial charge is 0.0576 e. The van der Waals surface area contributed by atoms with Crippen molar-refractivity contribution in [2.45, 2.75) is 51.1 Å². The van der Waals surface area contributed by atoms with Crippen LogP contribution in [0.3, 0.4) is 0 Å². The first-order chi connectivity index (χ1) is 8.24. The third kappa shape index (κ3) is 2.28. The molecule has 2 N–H and O–H groups in total. The van der Waals surface area contributed by atoms with E-state index in [4.69, 9.17) is 5.73 Å². The van der Waals surface area contributed by atoms with Gasteiger partial charge in [0.2, 0.25) is 0 Å². The molecule has 0 amide bonds. The first-order valence-electron chi connectivity index (χ1n) is 6.78. The van der Waals surface area contributed by atoms with Gasteiger partial charge in [-0.2, -0.15) is 0 Å². The van der Waals surface area contributed by atoms with Crippen molar-refractivity contribution < 1.29 is 0 Å². The van der Waals surface area contributed by atoms with Crippen molar-refractivity contribution in [3.8, 4) is 0 Å². The Bertz CT molecular complexity index is 324. The summed E-state index contributed by atoms with van der Waals surface area (Å²) in [5.41, 5.74) is 6.82. The molecule has 1 unspecified atom stereocenters. The molecule has 96 valence electrons. The molecule has 3 heteroatoms. The maximum atomic E-state index is 6.60. The van der Waals surface area contributed by atoms with Crippen LogP contribution in [0.1, 0.15) is 50.4 Å². The van der Waals surface area contributed by atoms with E-state index in [-0.39, 0.29) is 11.6 Å². The predicted octanol–water partition coefficient (Wildman–Crippen LogP) is 3.40. The van der Waals surface area contributed by atoms with Crippen molar-refractivity contribution in [1.82, 2.24) is 4.90 Å². The largest absolute Gasteiger partial charge is 0.322 e. The Kier molecular flexibility index (Phi) is 4.23. The van der Waals surface area contributed by atoms with Crippen LogP contribution in [0.15, 0.2) is 17.5 Å². The van der Waals surface area contributed by atoms with Crippen LogP contribution in [0.5, 0.6) is 0 Å². The van der Waals surface area contributed by atoms with E-state index in [9.17, 15) is 0 Å². The van der Waals surface area contributed by atoms with Gasteiger partial charge in [0.15, 0.2) is 0 Å². The van der Waals surface area contributed by atoms with Crippen LogP contribution >= 0.6 is 11.3 Å². The van der Waals surface area contributed by atoms with E-state index in [0.717, 1.165) is 13.1 Å². The summed E-state index contributed by atoms with van der Waals surface area (Å²) in [7, 11) is 0. The van der Waals surface area contributed by atoms with E-state index < -0.39 is 0 Å². The molecular formula is C14H24N2S. The van der Waals surface area contributed by atoms with Crippen molar-refractivity contribution in [2.75, 3.05) is 13.1 Å². The summed E-state index contributed by atoms with van der Waals surface area (Å²) in [5.74, 6) is 0. The van der Waals surface area contributed by atoms with Crippen LogP contribution in [-0.4, -0.2) is 23.5 Å². The van der Waals surface area contributed by atoms with E-state index in [2.05, 4.69) is 36.3 Å². The van der Waals surface area contributed by atoms with Crippen molar-refractivity contribution in [3.05, 3.63) is 22.4 Å². The van der Waals surface area contributed by atoms with Gasteiger partial charge in [-0.05, 0) is 37.4 Å². The first-order valence-corrected chi connectivity index (χ1v) is 7.66. The predicted molar refractivity (Wildman–Crippen MR) is 75.4 cm³/mol. The molecule has 1 aliphatic carbocycles. The molecule has 0 aromatic carbocycles. The second-order valence-electron chi connectivity index (χ2n) is 4.98. The molecule has 1 heterocycles. The highest BCUT2D eigenvalue weighted by atomic mass is 32.1. The molecule has 0 aliphatic heterocycles. The van der Waals surface area contributed by atoms with E-state index in [1.807, 2.05) is 0 Å². The summed E-state index contributed by atoms with van der Waals surface area (Å²) in [4.78, 5) is 3.93. The lowest BCUT2D eigenvalue weighted by Gasteiger charge is -2.44. The van der Waals surface area contributed by atoms with Gasteiger partial charge < -0.3 is 5.73 Å². The Hall–Kier alpha value is -0.380. The van der Waals surface area contributed by atoms with Crippen molar-refractivity contribution in [2.24, 2.45) is 5.73 Å². The molecule has 1 aromatic heterocycles. The molecule has 2 rings (SSSR count). The topological polar surface area (TPSA) is 29.3 Å². The summed E-state index contributed by atoms with van der Waals surface area (Å²) >= 11 is 1.80. The van der Waals surface area contributed by atoms with Crippen LogP contribution in [0, 0.1) is 0 Å². The average molecular weight is 252 g/mol. The Balaban J connectivity index is 2.27. The van der Waals surface area contributed by atoms with Gasteiger partial charge in [-0.25, -0.2) is 0 Å². The highest BCUT2D eigenvalue weighted by Gasteiger charge is 2.44. The molecule has 0 saturated heterocycles. The fourth-order valence-electron chi connectivity index (χ4n) is 3.40. The van der Waals surface area contributed by atoms with Crippen LogP contribution in [0.2, 0.25) is 0 Å². The van der Waals surface area contributed by atoms with E-state index in [1.165, 1.54) is 30.6 Å². The number of nitrogens with zero attached hydrogens (tertiary/aromatic N) is 1. The number of hydrogen-bond donors (Lipinski definition) is 1. The maximum absolute atomic E-state index is 6.60. The summed E-state index contributed by atoms with van der Waals surface area (Å²) in [5, 5.41) is 2.14. The molecule has 0 bridgehead atoms. The van der Waals surface area contributed by atoms with E-state index >= 15 is 0 Å². The quantitative estimate of drug-likeness (QED) is 0.870. The highest BCUT2D eigenvalue weighted by Crippen LogP contribution is 2.44. The Labute approximate surface area is 109 Å². The Morgan fingerprint density at radius 3 is 2.47 bits per heavy atom. The molecule has 17 heavy (non-hydrogen) atoms. The maximum Gasteiger partial charge on any atom is 0.0576 e. The molecule has 1 fully saturated rings. The molecule has 0 radical (unpaired) electrons. The Morgan fingerprint density at radius 1 is 1.35 bits per heavy atom. The molecule has 2 nitrogen and oxygen atoms in total. The van der Waals surface area contributed by atoms with Crippen LogP contribution in [0.25, 0.3) is 0 Å². The van der Waals surface area contributed by atoms with Crippen LogP contribution < -0.4 is 5.73 Å². The first kappa shape index (κ1) is 13.1. The van der Waals surface area contributed by atoms with Crippen molar-refractivity contribution >= 4 is 11.3 Å². The van der Waals surface area contributed by atoms with E-state index in [1.54, 1.807) is 11.3 Å². The minimum Gasteiger partial charge on any atom is -0.322 e. The molecule has 1 atom stereocenters. The zero-order valence-electron chi connectivity index (χ0n) is 11.0. The summed E-state index contributed by atoms with van der Waals surface area (Å²) in [6, 6.07) is 4.49. The van der Waals surface area contributed by atoms with Gasteiger partial charge in [0, 0.05) is 10.4 Å². The third-order valence-electron chi connectivity index (χ3n) is 4.29. The lowest BCUT2D eigenvalue weighted by atomic mass is 9.85. The van der Waals surface area contributed by atoms with Gasteiger partial charge in [0.05, 0.1) is 6.04 Å². The second-order valence-corrected chi connectivity index (χ2v) is 5.96. The summed E-state index contributed by atoms with van der Waals surface area (Å²) in [6.45, 7) is 6.72. The van der Waals surface area contributed by atoms with Crippen molar-refractivity contribution in [3.63, 3.8) is 0 Å². The number of rotatable bonds is 5. The Morgan fingerprint density at radius 2 is 2.00 bits per heavy atom. The molecular weight excluding hydrogens is 228 g/mol. The number of likely N-dealkylation sites (N-methyl/N-ethyl adjacent to an activating group) is 1. The fraction of sp³-hybridized carbons (Fsp3) is 0.714. The van der Waals surface area contributed by atoms with E-state index in [0.29, 0.717) is 0 Å². The molecule has 1 saturated carbocycles. The normalized spacial score (nSPS) is 20.9. The zero-order valence-corrected chi connectivity index (χ0v) is 11.8. The number of thiophene rings is 1. The highest BCUT2D eigenvalue weighted by molar-refractivity contribution is 7.10. The molecule has 1 aliphatic rings.